The third kappa shape index (κ3) is 3.17. The Kier molecular flexibility index (Phi) is 3.67. The van der Waals surface area contributed by atoms with Crippen molar-refractivity contribution < 1.29 is 0 Å². The average Bonchev–Trinajstić information content (AvgIpc) is 2.31. The molecule has 0 aliphatic heterocycles. The molecular weight excluding hydrogens is 197 g/mol. The highest BCUT2D eigenvalue weighted by molar-refractivity contribution is 6.04. The number of hydrogen-bond donors (Lipinski definition) is 0. The standard InChI is InChI=1S/C12H14BN3/c13-16(9-11-5-1-3-7-14-11)10-12-6-2-4-8-15-12/h1-8H,9-10,13H2. The topological polar surface area (TPSA) is 29.0 Å². The Morgan fingerprint density at radius 1 is 0.875 bits per heavy atom. The van der Waals surface area contributed by atoms with Gasteiger partial charge in [-0.25, -0.2) is 0 Å². The Hall–Kier alpha value is -1.68. The molecule has 0 fully saturated rings. The molecule has 0 N–H and O–H groups in total. The Labute approximate surface area is 96.6 Å². The van der Waals surface area contributed by atoms with Crippen molar-refractivity contribution in [2.75, 3.05) is 0 Å². The van der Waals surface area contributed by atoms with Gasteiger partial charge in [0.25, 0.3) is 0 Å². The molecule has 0 amide bonds. The van der Waals surface area contributed by atoms with E-state index in [0.717, 1.165) is 24.5 Å². The van der Waals surface area contributed by atoms with Crippen LogP contribution in [-0.2, 0) is 13.1 Å². The summed E-state index contributed by atoms with van der Waals surface area (Å²) < 4.78 is 0. The van der Waals surface area contributed by atoms with E-state index >= 15 is 0 Å². The fourth-order valence-electron chi connectivity index (χ4n) is 1.59. The van der Waals surface area contributed by atoms with Gasteiger partial charge in [0.1, 0.15) is 0 Å². The van der Waals surface area contributed by atoms with E-state index in [9.17, 15) is 0 Å². The van der Waals surface area contributed by atoms with Crippen LogP contribution in [0.3, 0.4) is 0 Å². The Morgan fingerprint density at radius 3 is 1.75 bits per heavy atom. The van der Waals surface area contributed by atoms with Gasteiger partial charge < -0.3 is 4.81 Å². The monoisotopic (exact) mass is 211 g/mol. The van der Waals surface area contributed by atoms with Gasteiger partial charge in [0, 0.05) is 25.5 Å². The van der Waals surface area contributed by atoms with Crippen LogP contribution in [0.1, 0.15) is 11.4 Å². The summed E-state index contributed by atoms with van der Waals surface area (Å²) in [6.07, 6.45) is 3.65. The van der Waals surface area contributed by atoms with Gasteiger partial charge in [-0.05, 0) is 24.3 Å². The Balaban J connectivity index is 1.92. The first kappa shape index (κ1) is 10.8. The summed E-state index contributed by atoms with van der Waals surface area (Å²) in [6.45, 7) is 1.69. The molecule has 0 bridgehead atoms. The van der Waals surface area contributed by atoms with Gasteiger partial charge in [-0.2, -0.15) is 0 Å². The smallest absolute Gasteiger partial charge is 0.186 e. The van der Waals surface area contributed by atoms with Crippen molar-refractivity contribution in [1.82, 2.24) is 14.8 Å². The first-order valence-corrected chi connectivity index (χ1v) is 5.33. The second-order valence-corrected chi connectivity index (χ2v) is 3.81. The molecule has 0 aliphatic carbocycles. The molecule has 0 aliphatic rings. The van der Waals surface area contributed by atoms with Gasteiger partial charge in [0.2, 0.25) is 0 Å². The number of rotatable bonds is 4. The number of aromatic nitrogens is 2. The van der Waals surface area contributed by atoms with E-state index < -0.39 is 0 Å². The SMILES string of the molecule is BN(Cc1ccccn1)Cc1ccccn1. The van der Waals surface area contributed by atoms with E-state index in [1.54, 1.807) is 0 Å². The van der Waals surface area contributed by atoms with E-state index in [-0.39, 0.29) is 0 Å². The lowest BCUT2D eigenvalue weighted by molar-refractivity contribution is 0.431. The maximum Gasteiger partial charge on any atom is 0.186 e. The summed E-state index contributed by atoms with van der Waals surface area (Å²) in [4.78, 5) is 10.8. The van der Waals surface area contributed by atoms with Crippen LogP contribution in [0.2, 0.25) is 0 Å². The lowest BCUT2D eigenvalue weighted by atomic mass is 10.2. The van der Waals surface area contributed by atoms with E-state index in [1.165, 1.54) is 0 Å². The zero-order valence-electron chi connectivity index (χ0n) is 9.37. The number of pyridine rings is 2. The quantitative estimate of drug-likeness (QED) is 0.707. The lowest BCUT2D eigenvalue weighted by Gasteiger charge is -2.15. The zero-order chi connectivity index (χ0) is 11.2. The summed E-state index contributed by atoms with van der Waals surface area (Å²) in [5.41, 5.74) is 2.17. The molecule has 2 heterocycles. The molecule has 80 valence electrons. The van der Waals surface area contributed by atoms with Crippen LogP contribution in [0.5, 0.6) is 0 Å². The molecule has 2 aromatic rings. The first-order valence-electron chi connectivity index (χ1n) is 5.33. The maximum absolute atomic E-state index is 4.30. The van der Waals surface area contributed by atoms with Crippen LogP contribution in [0, 0.1) is 0 Å². The minimum Gasteiger partial charge on any atom is -0.339 e. The second-order valence-electron chi connectivity index (χ2n) is 3.81. The van der Waals surface area contributed by atoms with E-state index in [4.69, 9.17) is 0 Å². The van der Waals surface area contributed by atoms with Gasteiger partial charge in [0.15, 0.2) is 7.98 Å². The summed E-state index contributed by atoms with van der Waals surface area (Å²) in [7, 11) is 2.07. The highest BCUT2D eigenvalue weighted by Gasteiger charge is 2.02. The molecule has 2 aromatic heterocycles. The molecule has 0 saturated heterocycles. The van der Waals surface area contributed by atoms with Crippen molar-refractivity contribution in [2.24, 2.45) is 0 Å². The van der Waals surface area contributed by atoms with Crippen molar-refractivity contribution in [3.63, 3.8) is 0 Å². The number of hydrogen-bond acceptors (Lipinski definition) is 3. The molecule has 16 heavy (non-hydrogen) atoms. The molecule has 3 nitrogen and oxygen atoms in total. The number of nitrogens with zero attached hydrogens (tertiary/aromatic N) is 3. The van der Waals surface area contributed by atoms with Crippen molar-refractivity contribution >= 4 is 7.98 Å². The highest BCUT2D eigenvalue weighted by atomic mass is 15.0. The second kappa shape index (κ2) is 5.42. The third-order valence-corrected chi connectivity index (χ3v) is 2.32. The largest absolute Gasteiger partial charge is 0.339 e. The normalized spacial score (nSPS) is 10.6. The van der Waals surface area contributed by atoms with Crippen LogP contribution < -0.4 is 0 Å². The van der Waals surface area contributed by atoms with Gasteiger partial charge in [-0.1, -0.05) is 12.1 Å². The molecule has 0 saturated carbocycles. The minimum absolute atomic E-state index is 0.845. The van der Waals surface area contributed by atoms with Crippen LogP contribution >= 0.6 is 0 Å². The predicted octanol–water partition coefficient (Wildman–Crippen LogP) is 1.03. The van der Waals surface area contributed by atoms with Crippen LogP contribution in [-0.4, -0.2) is 22.8 Å². The molecular formula is C12H14BN3. The van der Waals surface area contributed by atoms with E-state index in [0.29, 0.717) is 0 Å². The van der Waals surface area contributed by atoms with Crippen LogP contribution in [0.4, 0.5) is 0 Å². The average molecular weight is 211 g/mol. The van der Waals surface area contributed by atoms with Crippen molar-refractivity contribution in [3.8, 4) is 0 Å². The van der Waals surface area contributed by atoms with Crippen molar-refractivity contribution in [2.45, 2.75) is 13.1 Å². The molecule has 0 atom stereocenters. The molecule has 0 aromatic carbocycles. The molecule has 2 rings (SSSR count). The van der Waals surface area contributed by atoms with Gasteiger partial charge in [0.05, 0.1) is 11.4 Å². The summed E-state index contributed by atoms with van der Waals surface area (Å²) >= 11 is 0. The molecule has 0 radical (unpaired) electrons. The zero-order valence-corrected chi connectivity index (χ0v) is 9.37. The summed E-state index contributed by atoms with van der Waals surface area (Å²) in [5, 5.41) is 0. The fraction of sp³-hybridized carbons (Fsp3) is 0.167. The lowest BCUT2D eigenvalue weighted by Crippen LogP contribution is -2.20. The van der Waals surface area contributed by atoms with Crippen LogP contribution in [0.25, 0.3) is 0 Å². The molecule has 0 unspecified atom stereocenters. The Bertz CT molecular complexity index is 377. The molecule has 0 spiro atoms. The highest BCUT2D eigenvalue weighted by Crippen LogP contribution is 2.03. The summed E-state index contributed by atoms with van der Waals surface area (Å²) in [5.74, 6) is 0. The van der Waals surface area contributed by atoms with Gasteiger partial charge in [-0.3, -0.25) is 9.97 Å². The van der Waals surface area contributed by atoms with E-state index in [2.05, 4.69) is 22.8 Å². The summed E-state index contributed by atoms with van der Waals surface area (Å²) in [6, 6.07) is 12.0. The van der Waals surface area contributed by atoms with Gasteiger partial charge in [-0.15, -0.1) is 0 Å². The van der Waals surface area contributed by atoms with Crippen molar-refractivity contribution in [1.29, 1.82) is 0 Å². The molecule has 4 heteroatoms. The third-order valence-electron chi connectivity index (χ3n) is 2.32. The van der Waals surface area contributed by atoms with Crippen molar-refractivity contribution in [3.05, 3.63) is 60.2 Å². The fourth-order valence-corrected chi connectivity index (χ4v) is 1.59. The maximum atomic E-state index is 4.30. The predicted molar refractivity (Wildman–Crippen MR) is 66.3 cm³/mol. The minimum atomic E-state index is 0.845. The van der Waals surface area contributed by atoms with Crippen LogP contribution in [0.15, 0.2) is 48.8 Å². The Morgan fingerprint density at radius 2 is 1.38 bits per heavy atom. The van der Waals surface area contributed by atoms with E-state index in [1.807, 2.05) is 48.8 Å². The van der Waals surface area contributed by atoms with Gasteiger partial charge >= 0.3 is 0 Å². The first-order chi connectivity index (χ1) is 7.84.